The minimum Gasteiger partial charge on any atom is -0.756 e. The van der Waals surface area contributed by atoms with Crippen molar-refractivity contribution >= 4 is 7.82 Å². The molecule has 8 heteroatoms. The quantitative estimate of drug-likeness (QED) is 0.688. The van der Waals surface area contributed by atoms with Gasteiger partial charge in [-0.15, -0.1) is 0 Å². The summed E-state index contributed by atoms with van der Waals surface area (Å²) in [6, 6.07) is 12.1. The van der Waals surface area contributed by atoms with Crippen LogP contribution in [0.5, 0.6) is 0 Å². The summed E-state index contributed by atoms with van der Waals surface area (Å²) in [5, 5.41) is 9.01. The summed E-state index contributed by atoms with van der Waals surface area (Å²) < 4.78 is 26.6. The molecule has 1 aromatic heterocycles. The predicted octanol–water partition coefficient (Wildman–Crippen LogP) is 1.92. The lowest BCUT2D eigenvalue weighted by Crippen LogP contribution is -2.09. The monoisotopic (exact) mass is 352 g/mol. The molecule has 1 aromatic carbocycles. The minimum atomic E-state index is -4.46. The van der Waals surface area contributed by atoms with Gasteiger partial charge >= 0.3 is 0 Å². The van der Waals surface area contributed by atoms with E-state index in [4.69, 9.17) is 18.9 Å². The van der Waals surface area contributed by atoms with Crippen molar-refractivity contribution in [3.05, 3.63) is 65.0 Å². The largest absolute Gasteiger partial charge is 0.756 e. The maximum absolute atomic E-state index is 11.8. The Balaban J connectivity index is 1.88. The summed E-state index contributed by atoms with van der Waals surface area (Å²) in [4.78, 5) is 15.9. The zero-order valence-corrected chi connectivity index (χ0v) is 14.1. The molecule has 0 aliphatic rings. The van der Waals surface area contributed by atoms with Crippen molar-refractivity contribution in [3.8, 4) is 0 Å². The fourth-order valence-corrected chi connectivity index (χ4v) is 2.68. The van der Waals surface area contributed by atoms with Gasteiger partial charge in [0.1, 0.15) is 0 Å². The minimum absolute atomic E-state index is 0.123. The van der Waals surface area contributed by atoms with Crippen LogP contribution in [-0.2, 0) is 44.8 Å². The topological polar surface area (TPSA) is 101 Å². The molecule has 0 spiro atoms. The Hall–Kier alpha value is -1.60. The molecule has 0 radical (unpaired) electrons. The molecule has 24 heavy (non-hydrogen) atoms. The molecular weight excluding hydrogens is 333 g/mol. The number of phosphoric ester groups is 1. The van der Waals surface area contributed by atoms with Crippen LogP contribution in [-0.4, -0.2) is 17.2 Å². The third-order valence-corrected chi connectivity index (χ3v) is 3.98. The van der Waals surface area contributed by atoms with Gasteiger partial charge in [0.2, 0.25) is 0 Å². The van der Waals surface area contributed by atoms with E-state index in [2.05, 4.69) is 4.98 Å². The fraction of sp³-hybridized carbons (Fsp3) is 0.312. The van der Waals surface area contributed by atoms with Crippen molar-refractivity contribution in [2.75, 3.05) is 7.11 Å². The summed E-state index contributed by atoms with van der Waals surface area (Å²) in [7, 11) is -2.88. The molecule has 1 unspecified atom stereocenters. The molecule has 2 rings (SSSR count). The molecule has 0 saturated heterocycles. The SMILES string of the molecule is COCc1cccc(COP(=O)([O-])OCc2cccc(CO)n2)c1. The Morgan fingerprint density at radius 3 is 2.38 bits per heavy atom. The average molecular weight is 352 g/mol. The van der Waals surface area contributed by atoms with Crippen LogP contribution in [0.15, 0.2) is 42.5 Å². The predicted molar refractivity (Wildman–Crippen MR) is 84.5 cm³/mol. The first-order chi connectivity index (χ1) is 11.5. The Bertz CT molecular complexity index is 708. The van der Waals surface area contributed by atoms with Gasteiger partial charge in [0, 0.05) is 7.11 Å². The molecule has 0 fully saturated rings. The highest BCUT2D eigenvalue weighted by Gasteiger charge is 2.11. The number of hydrogen-bond acceptors (Lipinski definition) is 7. The maximum atomic E-state index is 11.8. The van der Waals surface area contributed by atoms with E-state index >= 15 is 0 Å². The summed E-state index contributed by atoms with van der Waals surface area (Å²) >= 11 is 0. The van der Waals surface area contributed by atoms with Gasteiger partial charge in [-0.25, -0.2) is 0 Å². The molecule has 0 aliphatic carbocycles. The van der Waals surface area contributed by atoms with Gasteiger partial charge in [0.25, 0.3) is 7.82 Å². The highest BCUT2D eigenvalue weighted by Crippen LogP contribution is 2.40. The number of pyridine rings is 1. The fourth-order valence-electron chi connectivity index (χ4n) is 2.01. The second kappa shape index (κ2) is 9.03. The summed E-state index contributed by atoms with van der Waals surface area (Å²) in [6.45, 7) is -0.162. The number of phosphoric acid groups is 1. The van der Waals surface area contributed by atoms with Gasteiger partial charge < -0.3 is 23.8 Å². The highest BCUT2D eigenvalue weighted by atomic mass is 31.2. The van der Waals surface area contributed by atoms with Crippen molar-refractivity contribution in [3.63, 3.8) is 0 Å². The lowest BCUT2D eigenvalue weighted by atomic mass is 10.1. The van der Waals surface area contributed by atoms with Crippen LogP contribution >= 0.6 is 7.82 Å². The van der Waals surface area contributed by atoms with E-state index in [0.717, 1.165) is 5.56 Å². The van der Waals surface area contributed by atoms with Crippen molar-refractivity contribution in [1.82, 2.24) is 4.98 Å². The summed E-state index contributed by atoms with van der Waals surface area (Å²) in [6.07, 6.45) is 0. The maximum Gasteiger partial charge on any atom is 0.268 e. The van der Waals surface area contributed by atoms with Crippen LogP contribution in [0.25, 0.3) is 0 Å². The second-order valence-electron chi connectivity index (χ2n) is 5.03. The van der Waals surface area contributed by atoms with Gasteiger partial charge in [-0.1, -0.05) is 30.3 Å². The van der Waals surface area contributed by atoms with Gasteiger partial charge in [-0.2, -0.15) is 0 Å². The second-order valence-corrected chi connectivity index (χ2v) is 6.44. The molecule has 0 saturated carbocycles. The van der Waals surface area contributed by atoms with E-state index in [1.54, 1.807) is 43.5 Å². The van der Waals surface area contributed by atoms with Gasteiger partial charge in [0.05, 0.1) is 37.8 Å². The van der Waals surface area contributed by atoms with Crippen molar-refractivity contribution in [2.45, 2.75) is 26.4 Å². The van der Waals surface area contributed by atoms with E-state index in [1.165, 1.54) is 0 Å². The van der Waals surface area contributed by atoms with E-state index in [-0.39, 0.29) is 19.8 Å². The number of rotatable bonds is 9. The van der Waals surface area contributed by atoms with Gasteiger partial charge in [0.15, 0.2) is 0 Å². The Kier molecular flexibility index (Phi) is 7.05. The first kappa shape index (κ1) is 18.7. The highest BCUT2D eigenvalue weighted by molar-refractivity contribution is 7.45. The van der Waals surface area contributed by atoms with E-state index < -0.39 is 7.82 Å². The lowest BCUT2D eigenvalue weighted by molar-refractivity contribution is -0.227. The normalized spacial score (nSPS) is 13.6. The van der Waals surface area contributed by atoms with Crippen molar-refractivity contribution in [1.29, 1.82) is 0 Å². The van der Waals surface area contributed by atoms with E-state index in [0.29, 0.717) is 23.6 Å². The molecule has 0 amide bonds. The summed E-state index contributed by atoms with van der Waals surface area (Å²) in [5.74, 6) is 0. The lowest BCUT2D eigenvalue weighted by Gasteiger charge is -2.22. The number of hydrogen-bond donors (Lipinski definition) is 1. The molecule has 1 atom stereocenters. The van der Waals surface area contributed by atoms with Crippen molar-refractivity contribution < 1.29 is 28.3 Å². The van der Waals surface area contributed by atoms with Crippen LogP contribution < -0.4 is 4.89 Å². The van der Waals surface area contributed by atoms with Crippen LogP contribution in [0.3, 0.4) is 0 Å². The van der Waals surface area contributed by atoms with Crippen molar-refractivity contribution in [2.24, 2.45) is 0 Å². The van der Waals surface area contributed by atoms with Gasteiger partial charge in [-0.3, -0.25) is 9.55 Å². The van der Waals surface area contributed by atoms with Crippen LogP contribution in [0.1, 0.15) is 22.5 Å². The number of aliphatic hydroxyl groups excluding tert-OH is 1. The first-order valence-corrected chi connectivity index (χ1v) is 8.71. The average Bonchev–Trinajstić information content (AvgIpc) is 2.59. The number of aliphatic hydroxyl groups is 1. The van der Waals surface area contributed by atoms with E-state index in [9.17, 15) is 9.46 Å². The Morgan fingerprint density at radius 2 is 1.67 bits per heavy atom. The van der Waals surface area contributed by atoms with E-state index in [1.807, 2.05) is 6.07 Å². The van der Waals surface area contributed by atoms with Crippen LogP contribution in [0.4, 0.5) is 0 Å². The molecule has 1 heterocycles. The molecule has 0 aliphatic heterocycles. The standard InChI is InChI=1S/C16H20NO6P/c1-21-10-13-4-2-5-14(8-13)11-22-24(19,20)23-12-16-7-3-6-15(9-18)17-16/h2-8,18H,9-12H2,1H3,(H,19,20)/p-1. The zero-order valence-electron chi connectivity index (χ0n) is 13.3. The van der Waals surface area contributed by atoms with Crippen LogP contribution in [0, 0.1) is 0 Å². The molecule has 7 nitrogen and oxygen atoms in total. The zero-order chi connectivity index (χ0) is 17.4. The number of aromatic nitrogens is 1. The molecule has 1 N–H and O–H groups in total. The molecule has 0 bridgehead atoms. The smallest absolute Gasteiger partial charge is 0.268 e. The number of benzene rings is 1. The molecule has 2 aromatic rings. The third kappa shape index (κ3) is 6.13. The first-order valence-electron chi connectivity index (χ1n) is 7.25. The number of methoxy groups -OCH3 is 1. The molecular formula is C16H19NO6P-. The molecule has 130 valence electrons. The Labute approximate surface area is 140 Å². The summed E-state index contributed by atoms with van der Waals surface area (Å²) in [5.41, 5.74) is 2.45. The number of ether oxygens (including phenoxy) is 1. The number of nitrogens with zero attached hydrogens (tertiary/aromatic N) is 1. The van der Waals surface area contributed by atoms with Crippen LogP contribution in [0.2, 0.25) is 0 Å². The third-order valence-electron chi connectivity index (χ3n) is 3.09. The Morgan fingerprint density at radius 1 is 1.04 bits per heavy atom. The van der Waals surface area contributed by atoms with Gasteiger partial charge in [-0.05, 0) is 23.3 Å².